The third kappa shape index (κ3) is 3.73. The highest BCUT2D eigenvalue weighted by molar-refractivity contribution is 9.10. The van der Waals surface area contributed by atoms with Gasteiger partial charge in [0.2, 0.25) is 0 Å². The standard InChI is InChI=1S/C15H16BrN3O3/c1-9-14(10(2)19(3)18-9)17-13(20)8-22-15(21)11-4-6-12(16)7-5-11/h4-7H,8H2,1-3H3,(H,17,20). The number of benzene rings is 1. The van der Waals surface area contributed by atoms with Crippen molar-refractivity contribution in [3.8, 4) is 0 Å². The quantitative estimate of drug-likeness (QED) is 0.845. The van der Waals surface area contributed by atoms with Crippen molar-refractivity contribution in [1.82, 2.24) is 9.78 Å². The lowest BCUT2D eigenvalue weighted by molar-refractivity contribution is -0.119. The molecule has 0 saturated carbocycles. The number of carbonyl (C=O) groups is 2. The maximum absolute atomic E-state index is 11.9. The highest BCUT2D eigenvalue weighted by Gasteiger charge is 2.14. The molecule has 0 aliphatic carbocycles. The molecule has 1 heterocycles. The van der Waals surface area contributed by atoms with Crippen molar-refractivity contribution < 1.29 is 14.3 Å². The Morgan fingerprint density at radius 2 is 1.91 bits per heavy atom. The molecule has 0 aliphatic heterocycles. The second-order valence-corrected chi connectivity index (χ2v) is 5.72. The topological polar surface area (TPSA) is 73.2 Å². The third-order valence-corrected chi connectivity index (χ3v) is 3.72. The van der Waals surface area contributed by atoms with Gasteiger partial charge in [-0.05, 0) is 38.1 Å². The van der Waals surface area contributed by atoms with Crippen LogP contribution in [0.15, 0.2) is 28.7 Å². The predicted octanol–water partition coefficient (Wildman–Crippen LogP) is 2.59. The molecule has 0 saturated heterocycles. The smallest absolute Gasteiger partial charge is 0.338 e. The first-order chi connectivity index (χ1) is 10.4. The number of carbonyl (C=O) groups excluding carboxylic acids is 2. The summed E-state index contributed by atoms with van der Waals surface area (Å²) in [6, 6.07) is 6.72. The lowest BCUT2D eigenvalue weighted by Crippen LogP contribution is -2.21. The van der Waals surface area contributed by atoms with Gasteiger partial charge < -0.3 is 10.1 Å². The van der Waals surface area contributed by atoms with E-state index in [2.05, 4.69) is 26.3 Å². The number of nitrogens with zero attached hydrogens (tertiary/aromatic N) is 2. The fourth-order valence-corrected chi connectivity index (χ4v) is 2.19. The molecule has 1 aromatic heterocycles. The highest BCUT2D eigenvalue weighted by atomic mass is 79.9. The zero-order valence-electron chi connectivity index (χ0n) is 12.5. The average molecular weight is 366 g/mol. The van der Waals surface area contributed by atoms with Crippen molar-refractivity contribution in [2.75, 3.05) is 11.9 Å². The molecule has 6 nitrogen and oxygen atoms in total. The number of hydrogen-bond acceptors (Lipinski definition) is 4. The van der Waals surface area contributed by atoms with Crippen LogP contribution in [0.1, 0.15) is 21.7 Å². The van der Waals surface area contributed by atoms with E-state index in [1.807, 2.05) is 6.92 Å². The molecular weight excluding hydrogens is 350 g/mol. The van der Waals surface area contributed by atoms with E-state index >= 15 is 0 Å². The molecule has 7 heteroatoms. The van der Waals surface area contributed by atoms with Crippen molar-refractivity contribution in [1.29, 1.82) is 0 Å². The Hall–Kier alpha value is -2.15. The molecule has 0 spiro atoms. The van der Waals surface area contributed by atoms with Crippen LogP contribution in [0.3, 0.4) is 0 Å². The first-order valence-electron chi connectivity index (χ1n) is 6.61. The van der Waals surface area contributed by atoms with E-state index in [9.17, 15) is 9.59 Å². The van der Waals surface area contributed by atoms with Gasteiger partial charge >= 0.3 is 5.97 Å². The van der Waals surface area contributed by atoms with Crippen molar-refractivity contribution in [3.05, 3.63) is 45.7 Å². The summed E-state index contributed by atoms with van der Waals surface area (Å²) in [4.78, 5) is 23.7. The van der Waals surface area contributed by atoms with Crippen LogP contribution in [-0.4, -0.2) is 28.3 Å². The molecule has 0 aliphatic rings. The molecule has 2 rings (SSSR count). The van der Waals surface area contributed by atoms with Crippen LogP contribution in [0.2, 0.25) is 0 Å². The summed E-state index contributed by atoms with van der Waals surface area (Å²) in [6.45, 7) is 3.31. The van der Waals surface area contributed by atoms with Gasteiger partial charge in [-0.3, -0.25) is 9.48 Å². The fraction of sp³-hybridized carbons (Fsp3) is 0.267. The summed E-state index contributed by atoms with van der Waals surface area (Å²) in [6.07, 6.45) is 0. The van der Waals surface area contributed by atoms with Crippen LogP contribution < -0.4 is 5.32 Å². The summed E-state index contributed by atoms with van der Waals surface area (Å²) < 4.78 is 7.54. The number of aryl methyl sites for hydroxylation is 2. The molecule has 116 valence electrons. The number of hydrogen-bond donors (Lipinski definition) is 1. The van der Waals surface area contributed by atoms with Gasteiger partial charge in [-0.2, -0.15) is 5.10 Å². The molecule has 0 bridgehead atoms. The van der Waals surface area contributed by atoms with E-state index in [0.717, 1.165) is 10.2 Å². The first-order valence-corrected chi connectivity index (χ1v) is 7.40. The van der Waals surface area contributed by atoms with Gasteiger partial charge in [0.05, 0.1) is 22.6 Å². The number of esters is 1. The van der Waals surface area contributed by atoms with Gasteiger partial charge in [0.25, 0.3) is 5.91 Å². The van der Waals surface area contributed by atoms with Gasteiger partial charge in [0.15, 0.2) is 6.61 Å². The summed E-state index contributed by atoms with van der Waals surface area (Å²) in [5, 5.41) is 6.91. The zero-order valence-corrected chi connectivity index (χ0v) is 14.1. The predicted molar refractivity (Wildman–Crippen MR) is 85.7 cm³/mol. The molecule has 1 N–H and O–H groups in total. The van der Waals surface area contributed by atoms with Crippen molar-refractivity contribution in [3.63, 3.8) is 0 Å². The Bertz CT molecular complexity index is 708. The lowest BCUT2D eigenvalue weighted by Gasteiger charge is -2.07. The molecule has 1 aromatic carbocycles. The molecule has 1 amide bonds. The Labute approximate surface area is 136 Å². The molecule has 22 heavy (non-hydrogen) atoms. The number of amides is 1. The van der Waals surface area contributed by atoms with Gasteiger partial charge in [0.1, 0.15) is 0 Å². The second kappa shape index (κ2) is 6.74. The maximum atomic E-state index is 11.9. The van der Waals surface area contributed by atoms with Gasteiger partial charge in [-0.1, -0.05) is 15.9 Å². The fourth-order valence-electron chi connectivity index (χ4n) is 1.93. The number of anilines is 1. The number of ether oxygens (including phenoxy) is 1. The Morgan fingerprint density at radius 3 is 2.45 bits per heavy atom. The van der Waals surface area contributed by atoms with Crippen molar-refractivity contribution in [2.24, 2.45) is 7.05 Å². The van der Waals surface area contributed by atoms with Gasteiger partial charge in [0, 0.05) is 11.5 Å². The Kier molecular flexibility index (Phi) is 4.97. The van der Waals surface area contributed by atoms with Crippen molar-refractivity contribution in [2.45, 2.75) is 13.8 Å². The highest BCUT2D eigenvalue weighted by Crippen LogP contribution is 2.18. The van der Waals surface area contributed by atoms with E-state index in [-0.39, 0.29) is 6.61 Å². The van der Waals surface area contributed by atoms with E-state index in [0.29, 0.717) is 16.9 Å². The van der Waals surface area contributed by atoms with E-state index < -0.39 is 11.9 Å². The minimum absolute atomic E-state index is 0.345. The molecule has 0 unspecified atom stereocenters. The van der Waals surface area contributed by atoms with Crippen molar-refractivity contribution >= 4 is 33.5 Å². The summed E-state index contributed by atoms with van der Waals surface area (Å²) in [5.74, 6) is -0.938. The monoisotopic (exact) mass is 365 g/mol. The molecule has 0 atom stereocenters. The van der Waals surface area contributed by atoms with E-state index in [1.54, 1.807) is 42.9 Å². The van der Waals surface area contributed by atoms with Crippen LogP contribution in [0.4, 0.5) is 5.69 Å². The van der Waals surface area contributed by atoms with Crippen LogP contribution in [0.5, 0.6) is 0 Å². The number of rotatable bonds is 4. The number of halogens is 1. The summed E-state index contributed by atoms with van der Waals surface area (Å²) >= 11 is 3.29. The normalized spacial score (nSPS) is 10.4. The second-order valence-electron chi connectivity index (χ2n) is 4.80. The Morgan fingerprint density at radius 1 is 1.27 bits per heavy atom. The summed E-state index contributed by atoms with van der Waals surface area (Å²) in [7, 11) is 1.80. The average Bonchev–Trinajstić information content (AvgIpc) is 2.72. The molecule has 0 fully saturated rings. The zero-order chi connectivity index (χ0) is 16.3. The minimum atomic E-state index is -0.540. The van der Waals surface area contributed by atoms with Crippen LogP contribution >= 0.6 is 15.9 Å². The minimum Gasteiger partial charge on any atom is -0.452 e. The maximum Gasteiger partial charge on any atom is 0.338 e. The lowest BCUT2D eigenvalue weighted by atomic mass is 10.2. The first kappa shape index (κ1) is 16.2. The number of nitrogens with one attached hydrogen (secondary N) is 1. The largest absolute Gasteiger partial charge is 0.452 e. The van der Waals surface area contributed by atoms with Crippen LogP contribution in [0, 0.1) is 13.8 Å². The van der Waals surface area contributed by atoms with E-state index in [4.69, 9.17) is 4.74 Å². The van der Waals surface area contributed by atoms with Gasteiger partial charge in [-0.15, -0.1) is 0 Å². The van der Waals surface area contributed by atoms with E-state index in [1.165, 1.54) is 0 Å². The van der Waals surface area contributed by atoms with Crippen LogP contribution in [-0.2, 0) is 16.6 Å². The summed E-state index contributed by atoms with van der Waals surface area (Å²) in [5.41, 5.74) is 2.59. The SMILES string of the molecule is Cc1nn(C)c(C)c1NC(=O)COC(=O)c1ccc(Br)cc1. The van der Waals surface area contributed by atoms with Gasteiger partial charge in [-0.25, -0.2) is 4.79 Å². The Balaban J connectivity index is 1.92. The third-order valence-electron chi connectivity index (χ3n) is 3.19. The molecular formula is C15H16BrN3O3. The number of aromatic nitrogens is 2. The van der Waals surface area contributed by atoms with Crippen LogP contribution in [0.25, 0.3) is 0 Å². The molecule has 2 aromatic rings. The molecule has 0 radical (unpaired) electrons.